The van der Waals surface area contributed by atoms with Crippen molar-refractivity contribution in [1.29, 1.82) is 0 Å². The summed E-state index contributed by atoms with van der Waals surface area (Å²) in [6, 6.07) is 3.59. The third kappa shape index (κ3) is 4.11. The minimum atomic E-state index is -4.35. The fourth-order valence-electron chi connectivity index (χ4n) is 2.42. The highest BCUT2D eigenvalue weighted by atomic mass is 35.5. The van der Waals surface area contributed by atoms with Crippen molar-refractivity contribution in [2.45, 2.75) is 50.6 Å². The van der Waals surface area contributed by atoms with Gasteiger partial charge in [0.15, 0.2) is 0 Å². The van der Waals surface area contributed by atoms with Crippen molar-refractivity contribution < 1.29 is 18.3 Å². The molecule has 2 nitrogen and oxygen atoms in total. The van der Waals surface area contributed by atoms with E-state index in [9.17, 15) is 18.3 Å². The molecule has 112 valence electrons. The van der Waals surface area contributed by atoms with Gasteiger partial charge in [0, 0.05) is 17.6 Å². The van der Waals surface area contributed by atoms with Gasteiger partial charge in [-0.05, 0) is 49.4 Å². The molecule has 0 atom stereocenters. The molecule has 20 heavy (non-hydrogen) atoms. The number of rotatable bonds is 3. The van der Waals surface area contributed by atoms with Crippen LogP contribution in [0.3, 0.4) is 0 Å². The predicted molar refractivity (Wildman–Crippen MR) is 71.6 cm³/mol. The second kappa shape index (κ2) is 6.33. The summed E-state index contributed by atoms with van der Waals surface area (Å²) in [6.07, 6.45) is -1.48. The molecule has 0 saturated heterocycles. The Morgan fingerprint density at radius 3 is 2.45 bits per heavy atom. The quantitative estimate of drug-likeness (QED) is 0.891. The Bertz CT molecular complexity index is 456. The molecule has 0 aliphatic heterocycles. The number of aliphatic hydroxyl groups is 1. The molecule has 0 spiro atoms. The Morgan fingerprint density at radius 1 is 1.20 bits per heavy atom. The number of alkyl halides is 3. The molecule has 1 saturated carbocycles. The van der Waals surface area contributed by atoms with E-state index >= 15 is 0 Å². The van der Waals surface area contributed by atoms with Crippen LogP contribution in [-0.2, 0) is 12.7 Å². The average Bonchev–Trinajstić information content (AvgIpc) is 2.38. The van der Waals surface area contributed by atoms with Gasteiger partial charge >= 0.3 is 6.18 Å². The third-order valence-electron chi connectivity index (χ3n) is 3.65. The Balaban J connectivity index is 1.98. The summed E-state index contributed by atoms with van der Waals surface area (Å²) in [5.41, 5.74) is -0.231. The van der Waals surface area contributed by atoms with E-state index in [4.69, 9.17) is 11.6 Å². The van der Waals surface area contributed by atoms with Crippen molar-refractivity contribution in [3.8, 4) is 0 Å². The molecule has 0 unspecified atom stereocenters. The molecule has 0 bridgehead atoms. The lowest BCUT2D eigenvalue weighted by atomic mass is 9.93. The number of hydrogen-bond donors (Lipinski definition) is 2. The van der Waals surface area contributed by atoms with Crippen LogP contribution in [0.4, 0.5) is 13.2 Å². The predicted octanol–water partition coefficient (Wildman–Crippen LogP) is 3.75. The summed E-state index contributed by atoms with van der Waals surface area (Å²) in [6.45, 7) is 0.309. The first-order valence-electron chi connectivity index (χ1n) is 6.63. The van der Waals surface area contributed by atoms with E-state index in [1.807, 2.05) is 0 Å². The van der Waals surface area contributed by atoms with Crippen LogP contribution in [0, 0.1) is 0 Å². The van der Waals surface area contributed by atoms with Crippen molar-refractivity contribution >= 4 is 11.6 Å². The molecule has 1 aliphatic carbocycles. The molecule has 0 heterocycles. The van der Waals surface area contributed by atoms with Crippen LogP contribution in [0.2, 0.25) is 5.02 Å². The summed E-state index contributed by atoms with van der Waals surface area (Å²) in [5.74, 6) is 0. The van der Waals surface area contributed by atoms with Gasteiger partial charge in [-0.25, -0.2) is 0 Å². The van der Waals surface area contributed by atoms with Gasteiger partial charge in [0.2, 0.25) is 0 Å². The zero-order valence-corrected chi connectivity index (χ0v) is 11.6. The molecule has 1 aliphatic rings. The fraction of sp³-hybridized carbons (Fsp3) is 0.571. The molecule has 6 heteroatoms. The topological polar surface area (TPSA) is 32.3 Å². The van der Waals surface area contributed by atoms with Crippen LogP contribution < -0.4 is 5.32 Å². The smallest absolute Gasteiger partial charge is 0.393 e. The summed E-state index contributed by atoms with van der Waals surface area (Å²) in [5, 5.41) is 13.0. The fourth-order valence-corrected chi connectivity index (χ4v) is 2.61. The second-order valence-corrected chi connectivity index (χ2v) is 5.60. The zero-order valence-electron chi connectivity index (χ0n) is 10.9. The molecule has 1 aromatic carbocycles. The SMILES string of the molecule is OC1CCC(NCc2cc(C(F)(F)F)ccc2Cl)CC1. The molecule has 0 radical (unpaired) electrons. The van der Waals surface area contributed by atoms with Gasteiger partial charge in [-0.2, -0.15) is 13.2 Å². The van der Waals surface area contributed by atoms with Crippen molar-refractivity contribution in [2.75, 3.05) is 0 Å². The zero-order chi connectivity index (χ0) is 14.8. The lowest BCUT2D eigenvalue weighted by molar-refractivity contribution is -0.137. The van der Waals surface area contributed by atoms with E-state index in [-0.39, 0.29) is 12.1 Å². The molecule has 1 aromatic rings. The van der Waals surface area contributed by atoms with Crippen molar-refractivity contribution in [2.24, 2.45) is 0 Å². The summed E-state index contributed by atoms with van der Waals surface area (Å²) in [7, 11) is 0. The monoisotopic (exact) mass is 307 g/mol. The molecule has 2 rings (SSSR count). The first-order valence-corrected chi connectivity index (χ1v) is 7.01. The van der Waals surface area contributed by atoms with Crippen molar-refractivity contribution in [3.05, 3.63) is 34.3 Å². The van der Waals surface area contributed by atoms with E-state index in [0.29, 0.717) is 17.1 Å². The maximum atomic E-state index is 12.6. The van der Waals surface area contributed by atoms with Gasteiger partial charge in [-0.1, -0.05) is 11.6 Å². The van der Waals surface area contributed by atoms with Crippen LogP contribution in [0.1, 0.15) is 36.8 Å². The van der Waals surface area contributed by atoms with Crippen LogP contribution >= 0.6 is 11.6 Å². The standard InChI is InChI=1S/C14H17ClF3NO/c15-13-6-1-10(14(16,17)18)7-9(13)8-19-11-2-4-12(20)5-3-11/h1,6-7,11-12,19-20H,2-5,8H2. The average molecular weight is 308 g/mol. The second-order valence-electron chi connectivity index (χ2n) is 5.19. The normalized spacial score (nSPS) is 23.9. The van der Waals surface area contributed by atoms with Gasteiger partial charge in [0.1, 0.15) is 0 Å². The minimum Gasteiger partial charge on any atom is -0.393 e. The molecule has 1 fully saturated rings. The minimum absolute atomic E-state index is 0.226. The van der Waals surface area contributed by atoms with E-state index in [0.717, 1.165) is 37.8 Å². The Kier molecular flexibility index (Phi) is 4.94. The van der Waals surface area contributed by atoms with Crippen LogP contribution in [0.5, 0.6) is 0 Å². The largest absolute Gasteiger partial charge is 0.416 e. The molecular weight excluding hydrogens is 291 g/mol. The third-order valence-corrected chi connectivity index (χ3v) is 4.02. The van der Waals surface area contributed by atoms with Crippen LogP contribution in [-0.4, -0.2) is 17.3 Å². The van der Waals surface area contributed by atoms with Gasteiger partial charge in [-0.15, -0.1) is 0 Å². The Morgan fingerprint density at radius 2 is 1.85 bits per heavy atom. The van der Waals surface area contributed by atoms with E-state index < -0.39 is 11.7 Å². The molecule has 0 amide bonds. The highest BCUT2D eigenvalue weighted by molar-refractivity contribution is 6.31. The van der Waals surface area contributed by atoms with Crippen molar-refractivity contribution in [1.82, 2.24) is 5.32 Å². The van der Waals surface area contributed by atoms with E-state index in [1.54, 1.807) is 0 Å². The van der Waals surface area contributed by atoms with Crippen LogP contribution in [0.25, 0.3) is 0 Å². The van der Waals surface area contributed by atoms with Crippen LogP contribution in [0.15, 0.2) is 18.2 Å². The first kappa shape index (κ1) is 15.6. The Hall–Kier alpha value is -0.780. The maximum Gasteiger partial charge on any atom is 0.416 e. The van der Waals surface area contributed by atoms with Crippen molar-refractivity contribution in [3.63, 3.8) is 0 Å². The van der Waals surface area contributed by atoms with E-state index in [1.165, 1.54) is 6.07 Å². The lowest BCUT2D eigenvalue weighted by Crippen LogP contribution is -2.34. The summed E-state index contributed by atoms with van der Waals surface area (Å²) >= 11 is 5.94. The summed E-state index contributed by atoms with van der Waals surface area (Å²) in [4.78, 5) is 0. The number of hydrogen-bond acceptors (Lipinski definition) is 2. The maximum absolute atomic E-state index is 12.6. The van der Waals surface area contributed by atoms with Gasteiger partial charge < -0.3 is 10.4 Å². The molecule has 0 aromatic heterocycles. The number of nitrogens with one attached hydrogen (secondary N) is 1. The van der Waals surface area contributed by atoms with E-state index in [2.05, 4.69) is 5.32 Å². The van der Waals surface area contributed by atoms with Gasteiger partial charge in [-0.3, -0.25) is 0 Å². The number of aliphatic hydroxyl groups excluding tert-OH is 1. The lowest BCUT2D eigenvalue weighted by Gasteiger charge is -2.26. The number of halogens is 4. The molecule has 2 N–H and O–H groups in total. The highest BCUT2D eigenvalue weighted by Crippen LogP contribution is 2.32. The highest BCUT2D eigenvalue weighted by Gasteiger charge is 2.31. The van der Waals surface area contributed by atoms with Gasteiger partial charge in [0.25, 0.3) is 0 Å². The molecular formula is C14H17ClF3NO. The Labute approximate surface area is 120 Å². The van der Waals surface area contributed by atoms with Gasteiger partial charge in [0.05, 0.1) is 11.7 Å². The first-order chi connectivity index (χ1) is 9.36. The summed E-state index contributed by atoms with van der Waals surface area (Å²) < 4.78 is 37.9. The number of benzene rings is 1.